The van der Waals surface area contributed by atoms with Crippen LogP contribution in [-0.2, 0) is 18.4 Å². The van der Waals surface area contributed by atoms with Crippen molar-refractivity contribution >= 4 is 5.91 Å². The van der Waals surface area contributed by atoms with Gasteiger partial charge in [0.2, 0.25) is 5.43 Å². The molecule has 0 saturated carbocycles. The number of aromatic hydroxyl groups is 1. The van der Waals surface area contributed by atoms with Gasteiger partial charge in [0.25, 0.3) is 5.91 Å². The third-order valence-electron chi connectivity index (χ3n) is 7.78. The van der Waals surface area contributed by atoms with Gasteiger partial charge in [-0.3, -0.25) is 19.3 Å². The average molecular weight is 445 g/mol. The van der Waals surface area contributed by atoms with E-state index in [4.69, 9.17) is 0 Å². The van der Waals surface area contributed by atoms with Crippen molar-refractivity contribution in [2.24, 2.45) is 5.92 Å². The molecule has 0 radical (unpaired) electrons. The number of amides is 1. The molecular weight excluding hydrogens is 421 g/mol. The molecule has 1 aromatic heterocycles. The number of nitrogens with zero attached hydrogens (tertiary/aromatic N) is 3. The molecule has 2 heterocycles. The first-order chi connectivity index (χ1) is 15.9. The van der Waals surface area contributed by atoms with Gasteiger partial charge in [-0.15, -0.1) is 0 Å². The molecule has 1 aliphatic heterocycles. The maximum atomic E-state index is 14.6. The zero-order valence-electron chi connectivity index (χ0n) is 18.5. The normalized spacial score (nSPS) is 22.8. The highest BCUT2D eigenvalue weighted by atomic mass is 19.1. The summed E-state index contributed by atoms with van der Waals surface area (Å²) in [4.78, 5) is 27.1. The molecular formula is C26H24FN3O3. The Balaban J connectivity index is 1.71. The zero-order valence-corrected chi connectivity index (χ0v) is 18.5. The van der Waals surface area contributed by atoms with Gasteiger partial charge in [-0.05, 0) is 60.6 Å². The van der Waals surface area contributed by atoms with Crippen molar-refractivity contribution in [3.63, 3.8) is 0 Å². The van der Waals surface area contributed by atoms with E-state index in [1.165, 1.54) is 17.7 Å². The number of pyridine rings is 1. The topological polar surface area (TPSA) is 65.8 Å². The second-order valence-corrected chi connectivity index (χ2v) is 9.15. The van der Waals surface area contributed by atoms with Crippen LogP contribution in [0.15, 0.2) is 53.5 Å². The lowest BCUT2D eigenvalue weighted by Crippen LogP contribution is -2.63. The summed E-state index contributed by atoms with van der Waals surface area (Å²) in [5, 5.41) is 12.7. The zero-order chi connectivity index (χ0) is 23.1. The van der Waals surface area contributed by atoms with Gasteiger partial charge in [-0.2, -0.15) is 0 Å². The molecule has 33 heavy (non-hydrogen) atoms. The first-order valence-electron chi connectivity index (χ1n) is 11.3. The van der Waals surface area contributed by atoms with Crippen LogP contribution in [0.1, 0.15) is 45.2 Å². The summed E-state index contributed by atoms with van der Waals surface area (Å²) in [5.41, 5.74) is 3.75. The van der Waals surface area contributed by atoms with Gasteiger partial charge >= 0.3 is 0 Å². The van der Waals surface area contributed by atoms with E-state index >= 15 is 0 Å². The lowest BCUT2D eigenvalue weighted by atomic mass is 9.81. The minimum atomic E-state index is -0.658. The van der Waals surface area contributed by atoms with E-state index < -0.39 is 16.7 Å². The number of hydrogen-bond acceptors (Lipinski definition) is 4. The number of carbonyl (C=O) groups is 1. The van der Waals surface area contributed by atoms with Crippen LogP contribution >= 0.6 is 0 Å². The Morgan fingerprint density at radius 3 is 2.67 bits per heavy atom. The molecule has 2 unspecified atom stereocenters. The van der Waals surface area contributed by atoms with Gasteiger partial charge in [0.05, 0.1) is 0 Å². The Morgan fingerprint density at radius 1 is 1.09 bits per heavy atom. The Kier molecular flexibility index (Phi) is 4.07. The van der Waals surface area contributed by atoms with E-state index in [0.717, 1.165) is 23.1 Å². The molecule has 1 N–H and O–H groups in total. The molecule has 3 aliphatic rings. The highest BCUT2D eigenvalue weighted by Crippen LogP contribution is 2.57. The molecule has 7 heteroatoms. The number of fused-ring (bicyclic) bond motifs is 6. The SMILES string of the molecule is CCN1CN(C23c4ccccc4CC2Cc2c3ccc(F)c2C)n2ccc(=O)c(O)c2C1=O. The van der Waals surface area contributed by atoms with E-state index in [9.17, 15) is 19.1 Å². The summed E-state index contributed by atoms with van der Waals surface area (Å²) in [6.45, 7) is 4.41. The van der Waals surface area contributed by atoms with Crippen LogP contribution < -0.4 is 10.4 Å². The van der Waals surface area contributed by atoms with Crippen molar-refractivity contribution in [2.75, 3.05) is 18.2 Å². The van der Waals surface area contributed by atoms with Crippen LogP contribution in [-0.4, -0.2) is 33.8 Å². The predicted molar refractivity (Wildman–Crippen MR) is 121 cm³/mol. The van der Waals surface area contributed by atoms with Crippen molar-refractivity contribution in [3.8, 4) is 5.75 Å². The van der Waals surface area contributed by atoms with Crippen LogP contribution in [0, 0.1) is 18.7 Å². The molecule has 2 atom stereocenters. The van der Waals surface area contributed by atoms with E-state index in [1.54, 1.807) is 15.8 Å². The first kappa shape index (κ1) is 20.0. The number of carbonyl (C=O) groups excluding carboxylic acids is 1. The van der Waals surface area contributed by atoms with E-state index in [-0.39, 0.29) is 30.0 Å². The molecule has 0 bridgehead atoms. The van der Waals surface area contributed by atoms with Crippen molar-refractivity contribution in [3.05, 3.63) is 98.2 Å². The minimum Gasteiger partial charge on any atom is -0.502 e. The molecule has 1 amide bonds. The van der Waals surface area contributed by atoms with Crippen LogP contribution in [0.25, 0.3) is 0 Å². The Morgan fingerprint density at radius 2 is 1.88 bits per heavy atom. The average Bonchev–Trinajstić information content (AvgIpc) is 3.31. The molecule has 6 nitrogen and oxygen atoms in total. The molecule has 2 aromatic carbocycles. The fourth-order valence-electron chi connectivity index (χ4n) is 6.26. The maximum absolute atomic E-state index is 14.6. The molecule has 0 saturated heterocycles. The standard InChI is InChI=1S/C26H24FN3O3/c1-3-28-14-30(29-11-10-22(31)24(32)23(29)25(28)33)26-17(12-16-6-4-5-7-19(16)26)13-18-15(2)21(27)9-8-20(18)26/h4-11,17,32H,3,12-14H2,1-2H3. The van der Waals surface area contributed by atoms with Gasteiger partial charge in [0, 0.05) is 24.7 Å². The summed E-state index contributed by atoms with van der Waals surface area (Å²) < 4.78 is 16.2. The summed E-state index contributed by atoms with van der Waals surface area (Å²) in [7, 11) is 0. The van der Waals surface area contributed by atoms with E-state index in [1.807, 2.05) is 32.0 Å². The highest BCUT2D eigenvalue weighted by molar-refractivity contribution is 5.96. The second kappa shape index (κ2) is 6.70. The van der Waals surface area contributed by atoms with Gasteiger partial charge < -0.3 is 10.0 Å². The lowest BCUT2D eigenvalue weighted by molar-refractivity contribution is 0.0658. The number of benzene rings is 2. The van der Waals surface area contributed by atoms with Crippen LogP contribution in [0.4, 0.5) is 4.39 Å². The van der Waals surface area contributed by atoms with Crippen LogP contribution in [0.5, 0.6) is 5.75 Å². The molecule has 0 spiro atoms. The van der Waals surface area contributed by atoms with Gasteiger partial charge in [-0.25, -0.2) is 4.39 Å². The molecule has 168 valence electrons. The van der Waals surface area contributed by atoms with Crippen molar-refractivity contribution in [1.29, 1.82) is 0 Å². The Hall–Kier alpha value is -3.61. The predicted octanol–water partition coefficient (Wildman–Crippen LogP) is 3.04. The van der Waals surface area contributed by atoms with Crippen molar-refractivity contribution < 1.29 is 14.3 Å². The second-order valence-electron chi connectivity index (χ2n) is 9.15. The number of hydrogen-bond donors (Lipinski definition) is 1. The van der Waals surface area contributed by atoms with E-state index in [0.29, 0.717) is 18.5 Å². The number of halogens is 1. The quantitative estimate of drug-likeness (QED) is 0.659. The summed E-state index contributed by atoms with van der Waals surface area (Å²) in [6.07, 6.45) is 3.11. The van der Waals surface area contributed by atoms with Crippen molar-refractivity contribution in [1.82, 2.24) is 9.58 Å². The third-order valence-corrected chi connectivity index (χ3v) is 7.78. The monoisotopic (exact) mass is 445 g/mol. The van der Waals surface area contributed by atoms with Crippen LogP contribution in [0.2, 0.25) is 0 Å². The lowest BCUT2D eigenvalue weighted by Gasteiger charge is -2.50. The van der Waals surface area contributed by atoms with Gasteiger partial charge in [-0.1, -0.05) is 30.3 Å². The molecule has 3 aromatic rings. The van der Waals surface area contributed by atoms with E-state index in [2.05, 4.69) is 17.1 Å². The highest BCUT2D eigenvalue weighted by Gasteiger charge is 2.59. The summed E-state index contributed by atoms with van der Waals surface area (Å²) in [6, 6.07) is 13.0. The first-order valence-corrected chi connectivity index (χ1v) is 11.3. The smallest absolute Gasteiger partial charge is 0.277 e. The minimum absolute atomic E-state index is 0.0274. The van der Waals surface area contributed by atoms with Crippen LogP contribution in [0.3, 0.4) is 0 Å². The fourth-order valence-corrected chi connectivity index (χ4v) is 6.26. The van der Waals surface area contributed by atoms with Gasteiger partial charge in [0.1, 0.15) is 18.0 Å². The molecule has 6 rings (SSSR count). The Bertz CT molecular complexity index is 1400. The number of aromatic nitrogens is 1. The fraction of sp³-hybridized carbons (Fsp3) is 0.308. The maximum Gasteiger partial charge on any atom is 0.277 e. The Labute approximate surface area is 190 Å². The third kappa shape index (κ3) is 2.37. The van der Waals surface area contributed by atoms with Crippen molar-refractivity contribution in [2.45, 2.75) is 32.2 Å². The summed E-state index contributed by atoms with van der Waals surface area (Å²) in [5.74, 6) is -1.02. The summed E-state index contributed by atoms with van der Waals surface area (Å²) >= 11 is 0. The largest absolute Gasteiger partial charge is 0.502 e. The molecule has 2 aliphatic carbocycles. The van der Waals surface area contributed by atoms with Gasteiger partial charge in [0.15, 0.2) is 11.4 Å². The number of rotatable bonds is 2. The molecule has 0 fully saturated rings.